The largest absolute Gasteiger partial charge is 0.472 e. The Balaban J connectivity index is 2.19. The number of ether oxygens (including phenoxy) is 1. The van der Waals surface area contributed by atoms with E-state index in [0.29, 0.717) is 6.61 Å². The second kappa shape index (κ2) is 3.16. The van der Waals surface area contributed by atoms with Crippen LogP contribution in [-0.4, -0.2) is 18.3 Å². The molecular weight excluding hydrogens is 168 g/mol. The highest BCUT2D eigenvalue weighted by Gasteiger charge is 2.36. The Labute approximate surface area is 77.3 Å². The van der Waals surface area contributed by atoms with E-state index < -0.39 is 5.60 Å². The van der Waals surface area contributed by atoms with Crippen molar-refractivity contribution < 1.29 is 14.3 Å². The molecule has 1 aliphatic rings. The summed E-state index contributed by atoms with van der Waals surface area (Å²) < 4.78 is 10.2. The summed E-state index contributed by atoms with van der Waals surface area (Å²) in [6.07, 6.45) is 4.09. The molecule has 0 amide bonds. The number of rotatable bonds is 2. The highest BCUT2D eigenvalue weighted by Crippen LogP contribution is 2.34. The van der Waals surface area contributed by atoms with Gasteiger partial charge in [-0.25, -0.2) is 0 Å². The molecule has 72 valence electrons. The molecule has 0 aliphatic carbocycles. The number of hydrogen-bond donors (Lipinski definition) is 1. The lowest BCUT2D eigenvalue weighted by atomic mass is 9.84. The van der Waals surface area contributed by atoms with E-state index in [9.17, 15) is 5.11 Å². The third kappa shape index (κ3) is 1.49. The van der Waals surface area contributed by atoms with Gasteiger partial charge in [-0.2, -0.15) is 0 Å². The molecule has 2 unspecified atom stereocenters. The zero-order chi connectivity index (χ0) is 9.31. The third-order valence-corrected chi connectivity index (χ3v) is 2.83. The predicted molar refractivity (Wildman–Crippen MR) is 47.2 cm³/mol. The maximum absolute atomic E-state index is 10.2. The van der Waals surface area contributed by atoms with Gasteiger partial charge in [-0.05, 0) is 19.4 Å². The van der Waals surface area contributed by atoms with Crippen molar-refractivity contribution >= 4 is 0 Å². The van der Waals surface area contributed by atoms with E-state index in [1.807, 2.05) is 6.92 Å². The van der Waals surface area contributed by atoms with Crippen LogP contribution in [0.25, 0.3) is 0 Å². The first kappa shape index (κ1) is 8.78. The molecule has 1 aromatic rings. The summed E-state index contributed by atoms with van der Waals surface area (Å²) in [6.45, 7) is 3.20. The summed E-state index contributed by atoms with van der Waals surface area (Å²) in [5.41, 5.74) is 0.0201. The maximum Gasteiger partial charge on any atom is 0.0963 e. The molecule has 0 saturated carbocycles. The molecule has 0 bridgehead atoms. The van der Waals surface area contributed by atoms with Gasteiger partial charge in [-0.3, -0.25) is 0 Å². The fourth-order valence-electron chi connectivity index (χ4n) is 1.77. The van der Waals surface area contributed by atoms with E-state index in [0.717, 1.165) is 18.6 Å². The molecule has 1 aromatic heterocycles. The highest BCUT2D eigenvalue weighted by atomic mass is 16.5. The highest BCUT2D eigenvalue weighted by molar-refractivity contribution is 5.16. The fourth-order valence-corrected chi connectivity index (χ4v) is 1.77. The van der Waals surface area contributed by atoms with Crippen molar-refractivity contribution in [2.45, 2.75) is 18.9 Å². The third-order valence-electron chi connectivity index (χ3n) is 2.83. The molecule has 1 fully saturated rings. The number of aliphatic hydroxyl groups is 1. The lowest BCUT2D eigenvalue weighted by molar-refractivity contribution is -0.0101. The van der Waals surface area contributed by atoms with Crippen LogP contribution >= 0.6 is 0 Å². The van der Waals surface area contributed by atoms with Crippen LogP contribution in [0.1, 0.15) is 18.9 Å². The molecule has 0 spiro atoms. The molecule has 1 aliphatic heterocycles. The van der Waals surface area contributed by atoms with Gasteiger partial charge < -0.3 is 14.3 Å². The molecule has 0 radical (unpaired) electrons. The lowest BCUT2D eigenvalue weighted by Crippen LogP contribution is -2.31. The van der Waals surface area contributed by atoms with Crippen LogP contribution in [0, 0.1) is 5.92 Å². The summed E-state index contributed by atoms with van der Waals surface area (Å²) >= 11 is 0. The Kier molecular flexibility index (Phi) is 2.14. The molecule has 1 N–H and O–H groups in total. The summed E-state index contributed by atoms with van der Waals surface area (Å²) in [5.74, 6) is 0.185. The van der Waals surface area contributed by atoms with Gasteiger partial charge in [0.1, 0.15) is 0 Å². The van der Waals surface area contributed by atoms with Gasteiger partial charge in [0, 0.05) is 18.1 Å². The Morgan fingerprint density at radius 3 is 3.00 bits per heavy atom. The van der Waals surface area contributed by atoms with Crippen LogP contribution in [0.15, 0.2) is 23.0 Å². The lowest BCUT2D eigenvalue weighted by Gasteiger charge is -2.27. The van der Waals surface area contributed by atoms with Crippen molar-refractivity contribution in [1.29, 1.82) is 0 Å². The van der Waals surface area contributed by atoms with Crippen LogP contribution in [0.5, 0.6) is 0 Å². The Morgan fingerprint density at radius 2 is 2.46 bits per heavy atom. The van der Waals surface area contributed by atoms with E-state index in [1.165, 1.54) is 0 Å². The van der Waals surface area contributed by atoms with Crippen molar-refractivity contribution in [1.82, 2.24) is 0 Å². The zero-order valence-electron chi connectivity index (χ0n) is 7.69. The van der Waals surface area contributed by atoms with Gasteiger partial charge >= 0.3 is 0 Å². The van der Waals surface area contributed by atoms with Crippen molar-refractivity contribution in [3.05, 3.63) is 24.2 Å². The molecule has 1 saturated heterocycles. The Hall–Kier alpha value is -0.800. The molecule has 2 heterocycles. The van der Waals surface area contributed by atoms with E-state index in [2.05, 4.69) is 0 Å². The first-order valence-electron chi connectivity index (χ1n) is 4.54. The van der Waals surface area contributed by atoms with Crippen molar-refractivity contribution in [3.63, 3.8) is 0 Å². The average molecular weight is 182 g/mol. The predicted octanol–water partition coefficient (Wildman–Crippen LogP) is 1.52. The monoisotopic (exact) mass is 182 g/mol. The van der Waals surface area contributed by atoms with Crippen LogP contribution in [0.4, 0.5) is 0 Å². The minimum absolute atomic E-state index is 0.185. The smallest absolute Gasteiger partial charge is 0.0963 e. The molecule has 13 heavy (non-hydrogen) atoms. The zero-order valence-corrected chi connectivity index (χ0v) is 7.69. The van der Waals surface area contributed by atoms with E-state index >= 15 is 0 Å². The summed E-state index contributed by atoms with van der Waals surface area (Å²) in [7, 11) is 0. The fraction of sp³-hybridized carbons (Fsp3) is 0.600. The normalized spacial score (nSPS) is 27.4. The summed E-state index contributed by atoms with van der Waals surface area (Å²) in [4.78, 5) is 0. The summed E-state index contributed by atoms with van der Waals surface area (Å²) in [5, 5.41) is 10.2. The first-order valence-corrected chi connectivity index (χ1v) is 4.54. The van der Waals surface area contributed by atoms with Crippen molar-refractivity contribution in [3.8, 4) is 0 Å². The first-order chi connectivity index (χ1) is 6.21. The SMILES string of the molecule is CC(O)(c1ccoc1)C1CCOC1. The van der Waals surface area contributed by atoms with E-state index in [-0.39, 0.29) is 5.92 Å². The molecule has 3 heteroatoms. The Morgan fingerprint density at radius 1 is 1.62 bits per heavy atom. The van der Waals surface area contributed by atoms with E-state index in [1.54, 1.807) is 18.6 Å². The average Bonchev–Trinajstić information content (AvgIpc) is 2.78. The van der Waals surface area contributed by atoms with Crippen molar-refractivity contribution in [2.24, 2.45) is 5.92 Å². The molecular formula is C10H14O3. The van der Waals surface area contributed by atoms with Crippen LogP contribution < -0.4 is 0 Å². The van der Waals surface area contributed by atoms with Crippen LogP contribution in [-0.2, 0) is 10.3 Å². The topological polar surface area (TPSA) is 42.6 Å². The minimum atomic E-state index is -0.816. The second-order valence-electron chi connectivity index (χ2n) is 3.72. The van der Waals surface area contributed by atoms with Crippen molar-refractivity contribution in [2.75, 3.05) is 13.2 Å². The van der Waals surface area contributed by atoms with Crippen LogP contribution in [0.3, 0.4) is 0 Å². The second-order valence-corrected chi connectivity index (χ2v) is 3.72. The Bertz CT molecular complexity index is 258. The molecule has 2 rings (SSSR count). The minimum Gasteiger partial charge on any atom is -0.472 e. The molecule has 3 nitrogen and oxygen atoms in total. The van der Waals surface area contributed by atoms with Gasteiger partial charge in [-0.1, -0.05) is 0 Å². The van der Waals surface area contributed by atoms with Gasteiger partial charge in [0.05, 0.1) is 24.7 Å². The van der Waals surface area contributed by atoms with Gasteiger partial charge in [0.15, 0.2) is 0 Å². The number of furan rings is 1. The molecule has 2 atom stereocenters. The van der Waals surface area contributed by atoms with E-state index in [4.69, 9.17) is 9.15 Å². The maximum atomic E-state index is 10.2. The quantitative estimate of drug-likeness (QED) is 0.754. The number of hydrogen-bond acceptors (Lipinski definition) is 3. The van der Waals surface area contributed by atoms with Gasteiger partial charge in [0.2, 0.25) is 0 Å². The molecule has 0 aromatic carbocycles. The standard InChI is InChI=1S/C10H14O3/c1-10(11,8-2-4-12-6-8)9-3-5-13-7-9/h2,4,6,9,11H,3,5,7H2,1H3. The van der Waals surface area contributed by atoms with Gasteiger partial charge in [0.25, 0.3) is 0 Å². The van der Waals surface area contributed by atoms with Crippen LogP contribution in [0.2, 0.25) is 0 Å². The summed E-state index contributed by atoms with van der Waals surface area (Å²) in [6, 6.07) is 1.80. The van der Waals surface area contributed by atoms with Gasteiger partial charge in [-0.15, -0.1) is 0 Å².